The third kappa shape index (κ3) is 4.55. The van der Waals surface area contributed by atoms with Crippen LogP contribution in [0.2, 0.25) is 0 Å². The Morgan fingerprint density at radius 3 is 2.61 bits per heavy atom. The summed E-state index contributed by atoms with van der Waals surface area (Å²) in [6.07, 6.45) is 2.70. The average Bonchev–Trinajstić information content (AvgIpc) is 3.15. The van der Waals surface area contributed by atoms with Crippen molar-refractivity contribution in [1.82, 2.24) is 19.8 Å². The lowest BCUT2D eigenvalue weighted by molar-refractivity contribution is -0.128. The third-order valence-corrected chi connectivity index (χ3v) is 6.28. The van der Waals surface area contributed by atoms with Crippen molar-refractivity contribution >= 4 is 28.6 Å². The van der Waals surface area contributed by atoms with Gasteiger partial charge in [0.2, 0.25) is 5.91 Å². The fourth-order valence-corrected chi connectivity index (χ4v) is 4.27. The Balaban J connectivity index is 1.71. The van der Waals surface area contributed by atoms with E-state index in [1.54, 1.807) is 11.9 Å². The van der Waals surface area contributed by atoms with E-state index < -0.39 is 0 Å². The second-order valence-electron chi connectivity index (χ2n) is 8.91. The number of benzene rings is 1. The van der Waals surface area contributed by atoms with Crippen LogP contribution in [0.4, 0.5) is 5.82 Å². The van der Waals surface area contributed by atoms with Crippen molar-refractivity contribution in [2.75, 3.05) is 32.6 Å². The molecule has 1 fully saturated rings. The van der Waals surface area contributed by atoms with Gasteiger partial charge in [0.25, 0.3) is 5.91 Å². The Labute approximate surface area is 194 Å². The molecule has 8 nitrogen and oxygen atoms in total. The number of furan rings is 1. The van der Waals surface area contributed by atoms with E-state index >= 15 is 0 Å². The summed E-state index contributed by atoms with van der Waals surface area (Å²) in [6, 6.07) is 9.35. The molecule has 1 atom stereocenters. The van der Waals surface area contributed by atoms with E-state index in [0.29, 0.717) is 30.3 Å². The number of nitrogens with zero attached hydrogens (tertiary/aromatic N) is 5. The molecule has 174 valence electrons. The molecule has 33 heavy (non-hydrogen) atoms. The number of aromatic nitrogens is 2. The zero-order chi connectivity index (χ0) is 23.7. The van der Waals surface area contributed by atoms with Crippen LogP contribution < -0.4 is 4.90 Å². The number of carbonyl (C=O) groups is 2. The number of carbonyl (C=O) groups excluding carboxylic acids is 2. The van der Waals surface area contributed by atoms with Crippen LogP contribution in [0, 0.1) is 6.92 Å². The summed E-state index contributed by atoms with van der Waals surface area (Å²) >= 11 is 0. The highest BCUT2D eigenvalue weighted by Gasteiger charge is 2.34. The smallest absolute Gasteiger partial charge is 0.290 e. The molecule has 0 N–H and O–H groups in total. The molecule has 3 aromatic rings. The van der Waals surface area contributed by atoms with Gasteiger partial charge in [0, 0.05) is 51.6 Å². The van der Waals surface area contributed by atoms with Crippen molar-refractivity contribution in [3.05, 3.63) is 53.2 Å². The van der Waals surface area contributed by atoms with E-state index in [9.17, 15) is 9.59 Å². The molecular formula is C25H31N5O3. The molecule has 2 amide bonds. The van der Waals surface area contributed by atoms with Crippen molar-refractivity contribution in [3.8, 4) is 0 Å². The van der Waals surface area contributed by atoms with Gasteiger partial charge < -0.3 is 19.1 Å². The van der Waals surface area contributed by atoms with Gasteiger partial charge in [0.1, 0.15) is 11.4 Å². The number of hydrogen-bond donors (Lipinski definition) is 0. The largest absolute Gasteiger partial charge is 0.451 e. The van der Waals surface area contributed by atoms with E-state index in [0.717, 1.165) is 41.7 Å². The van der Waals surface area contributed by atoms with Crippen molar-refractivity contribution in [2.45, 2.75) is 45.7 Å². The Hall–Kier alpha value is -3.42. The lowest BCUT2D eigenvalue weighted by Crippen LogP contribution is -2.39. The summed E-state index contributed by atoms with van der Waals surface area (Å²) in [5.74, 6) is 1.58. The first kappa shape index (κ1) is 22.8. The SMILES string of the molecule is CC(=O)N(C)Cc1cc(N(C)C)nc(C2CCCCN2C(=O)c2oc3ccccc3c2C)n1. The summed E-state index contributed by atoms with van der Waals surface area (Å²) in [4.78, 5) is 40.4. The standard InChI is InChI=1S/C25H31N5O3/c1-16-19-10-6-7-12-21(19)33-23(16)25(32)30-13-9-8-11-20(30)24-26-18(15-29(5)17(2)31)14-22(27-24)28(3)4/h6-7,10,12,14,20H,8-9,11,13,15H2,1-5H3. The van der Waals surface area contributed by atoms with Gasteiger partial charge >= 0.3 is 0 Å². The molecule has 1 aliphatic heterocycles. The van der Waals surface area contributed by atoms with Crippen LogP contribution in [-0.4, -0.2) is 59.3 Å². The molecule has 2 aromatic heterocycles. The fraction of sp³-hybridized carbons (Fsp3) is 0.440. The Bertz CT molecular complexity index is 1190. The van der Waals surface area contributed by atoms with Gasteiger partial charge in [-0.15, -0.1) is 0 Å². The second-order valence-corrected chi connectivity index (χ2v) is 8.91. The number of anilines is 1. The summed E-state index contributed by atoms with van der Waals surface area (Å²) < 4.78 is 5.98. The van der Waals surface area contributed by atoms with Gasteiger partial charge in [0.05, 0.1) is 18.3 Å². The van der Waals surface area contributed by atoms with Crippen molar-refractivity contribution in [3.63, 3.8) is 0 Å². The molecule has 1 unspecified atom stereocenters. The number of rotatable bonds is 5. The van der Waals surface area contributed by atoms with Crippen LogP contribution in [0.1, 0.15) is 59.9 Å². The molecule has 0 saturated carbocycles. The van der Waals surface area contributed by atoms with Crippen molar-refractivity contribution in [2.24, 2.45) is 0 Å². The zero-order valence-electron chi connectivity index (χ0n) is 20.0. The van der Waals surface area contributed by atoms with Gasteiger partial charge in [-0.05, 0) is 32.3 Å². The Morgan fingerprint density at radius 1 is 1.15 bits per heavy atom. The molecule has 0 bridgehead atoms. The number of piperidine rings is 1. The van der Waals surface area contributed by atoms with E-state index in [1.165, 1.54) is 6.92 Å². The highest BCUT2D eigenvalue weighted by molar-refractivity contribution is 5.99. The predicted octanol–water partition coefficient (Wildman–Crippen LogP) is 3.94. The molecule has 1 aliphatic rings. The number of hydrogen-bond acceptors (Lipinski definition) is 6. The molecule has 8 heteroatoms. The minimum atomic E-state index is -0.250. The Kier molecular flexibility index (Phi) is 6.35. The number of likely N-dealkylation sites (tertiary alicyclic amines) is 1. The molecule has 3 heterocycles. The molecule has 4 rings (SSSR count). The first-order valence-corrected chi connectivity index (χ1v) is 11.3. The van der Waals surface area contributed by atoms with Crippen LogP contribution >= 0.6 is 0 Å². The van der Waals surface area contributed by atoms with Gasteiger partial charge in [-0.25, -0.2) is 9.97 Å². The zero-order valence-corrected chi connectivity index (χ0v) is 20.0. The third-order valence-electron chi connectivity index (χ3n) is 6.28. The number of amides is 2. The summed E-state index contributed by atoms with van der Waals surface area (Å²) in [6.45, 7) is 4.47. The minimum Gasteiger partial charge on any atom is -0.451 e. The van der Waals surface area contributed by atoms with Gasteiger partial charge in [-0.1, -0.05) is 18.2 Å². The van der Waals surface area contributed by atoms with Crippen molar-refractivity contribution < 1.29 is 14.0 Å². The van der Waals surface area contributed by atoms with Crippen LogP contribution in [0.15, 0.2) is 34.7 Å². The molecule has 0 radical (unpaired) electrons. The van der Waals surface area contributed by atoms with Gasteiger partial charge in [0.15, 0.2) is 11.6 Å². The first-order chi connectivity index (χ1) is 15.8. The summed E-state index contributed by atoms with van der Waals surface area (Å²) in [7, 11) is 5.60. The average molecular weight is 450 g/mol. The first-order valence-electron chi connectivity index (χ1n) is 11.3. The minimum absolute atomic E-state index is 0.0311. The topological polar surface area (TPSA) is 82.8 Å². The van der Waals surface area contributed by atoms with E-state index in [2.05, 4.69) is 0 Å². The lowest BCUT2D eigenvalue weighted by atomic mass is 10.00. The molecule has 1 aromatic carbocycles. The molecule has 0 spiro atoms. The van der Waals surface area contributed by atoms with Gasteiger partial charge in [-0.3, -0.25) is 9.59 Å². The van der Waals surface area contributed by atoms with Crippen LogP contribution in [0.3, 0.4) is 0 Å². The van der Waals surface area contributed by atoms with E-state index in [1.807, 2.05) is 61.2 Å². The van der Waals surface area contributed by atoms with Crippen molar-refractivity contribution in [1.29, 1.82) is 0 Å². The predicted molar refractivity (Wildman–Crippen MR) is 127 cm³/mol. The maximum atomic E-state index is 13.7. The quantitative estimate of drug-likeness (QED) is 0.587. The number of aryl methyl sites for hydroxylation is 1. The monoisotopic (exact) mass is 449 g/mol. The number of para-hydroxylation sites is 1. The van der Waals surface area contributed by atoms with Crippen LogP contribution in [0.5, 0.6) is 0 Å². The highest BCUT2D eigenvalue weighted by Crippen LogP contribution is 2.34. The van der Waals surface area contributed by atoms with Crippen LogP contribution in [-0.2, 0) is 11.3 Å². The fourth-order valence-electron chi connectivity index (χ4n) is 4.27. The lowest BCUT2D eigenvalue weighted by Gasteiger charge is -2.35. The summed E-state index contributed by atoms with van der Waals surface area (Å²) in [5.41, 5.74) is 2.32. The van der Waals surface area contributed by atoms with Gasteiger partial charge in [-0.2, -0.15) is 0 Å². The van der Waals surface area contributed by atoms with E-state index in [4.69, 9.17) is 14.4 Å². The number of fused-ring (bicyclic) bond motifs is 1. The normalized spacial score (nSPS) is 16.2. The maximum Gasteiger partial charge on any atom is 0.290 e. The Morgan fingerprint density at radius 2 is 1.91 bits per heavy atom. The maximum absolute atomic E-state index is 13.7. The molecule has 0 aliphatic carbocycles. The van der Waals surface area contributed by atoms with Crippen LogP contribution in [0.25, 0.3) is 11.0 Å². The molecular weight excluding hydrogens is 418 g/mol. The molecule has 1 saturated heterocycles. The summed E-state index contributed by atoms with van der Waals surface area (Å²) in [5, 5.41) is 0.954. The highest BCUT2D eigenvalue weighted by atomic mass is 16.3. The second kappa shape index (κ2) is 9.21. The van der Waals surface area contributed by atoms with E-state index in [-0.39, 0.29) is 17.9 Å².